The van der Waals surface area contributed by atoms with Crippen LogP contribution in [0, 0.1) is 10.1 Å². The lowest BCUT2D eigenvalue weighted by Crippen LogP contribution is -2.08. The number of hydrogen-bond donors (Lipinski definition) is 1. The molecule has 4 nitrogen and oxygen atoms in total. The fourth-order valence-corrected chi connectivity index (χ4v) is 2.49. The lowest BCUT2D eigenvalue weighted by atomic mass is 10.0. The third kappa shape index (κ3) is 3.82. The van der Waals surface area contributed by atoms with Crippen LogP contribution in [0.3, 0.4) is 0 Å². The third-order valence-corrected chi connectivity index (χ3v) is 3.91. The topological polar surface area (TPSA) is 55.2 Å². The first-order valence-electron chi connectivity index (χ1n) is 6.80. The maximum absolute atomic E-state index is 11.1. The summed E-state index contributed by atoms with van der Waals surface area (Å²) < 4.78 is 0.694. The van der Waals surface area contributed by atoms with Gasteiger partial charge in [-0.25, -0.2) is 0 Å². The van der Waals surface area contributed by atoms with Gasteiger partial charge in [-0.3, -0.25) is 10.1 Å². The van der Waals surface area contributed by atoms with Crippen molar-refractivity contribution in [2.45, 2.75) is 26.3 Å². The van der Waals surface area contributed by atoms with Crippen molar-refractivity contribution in [3.05, 3.63) is 68.2 Å². The molecule has 0 radical (unpaired) electrons. The highest BCUT2D eigenvalue weighted by Crippen LogP contribution is 2.30. The quantitative estimate of drug-likeness (QED) is 0.604. The zero-order chi connectivity index (χ0) is 15.4. The van der Waals surface area contributed by atoms with E-state index in [-0.39, 0.29) is 16.7 Å². The summed E-state index contributed by atoms with van der Waals surface area (Å²) in [7, 11) is 0. The molecule has 0 fully saturated rings. The standard InChI is InChI=1S/C16H17BrN2O2/c1-3-12-4-6-13(7-5-12)11(2)18-15-9-8-14(17)10-16(15)19(20)21/h4-11,18H,3H2,1-2H3. The van der Waals surface area contributed by atoms with E-state index in [1.54, 1.807) is 12.1 Å². The second kappa shape index (κ2) is 6.72. The summed E-state index contributed by atoms with van der Waals surface area (Å²) in [6.45, 7) is 4.11. The number of hydrogen-bond acceptors (Lipinski definition) is 3. The monoisotopic (exact) mass is 348 g/mol. The fraction of sp³-hybridized carbons (Fsp3) is 0.250. The lowest BCUT2D eigenvalue weighted by Gasteiger charge is -2.16. The van der Waals surface area contributed by atoms with Gasteiger partial charge in [-0.05, 0) is 36.6 Å². The number of nitro benzene ring substituents is 1. The first kappa shape index (κ1) is 15.5. The van der Waals surface area contributed by atoms with Crippen molar-refractivity contribution in [3.8, 4) is 0 Å². The second-order valence-corrected chi connectivity index (χ2v) is 5.80. The van der Waals surface area contributed by atoms with E-state index in [1.165, 1.54) is 11.6 Å². The zero-order valence-electron chi connectivity index (χ0n) is 12.0. The zero-order valence-corrected chi connectivity index (χ0v) is 13.6. The molecule has 1 N–H and O–H groups in total. The van der Waals surface area contributed by atoms with E-state index in [1.807, 2.05) is 6.92 Å². The summed E-state index contributed by atoms with van der Waals surface area (Å²) in [5.41, 5.74) is 2.97. The van der Waals surface area contributed by atoms with Gasteiger partial charge in [0.25, 0.3) is 5.69 Å². The Hall–Kier alpha value is -1.88. The molecule has 2 aromatic carbocycles. The van der Waals surface area contributed by atoms with Crippen molar-refractivity contribution < 1.29 is 4.92 Å². The maximum Gasteiger partial charge on any atom is 0.293 e. The SMILES string of the molecule is CCc1ccc(C(C)Nc2ccc(Br)cc2[N+](=O)[O-])cc1. The van der Waals surface area contributed by atoms with Gasteiger partial charge in [-0.1, -0.05) is 47.1 Å². The Labute approximate surface area is 132 Å². The number of benzene rings is 2. The Kier molecular flexibility index (Phi) is 4.96. The minimum absolute atomic E-state index is 0.00391. The molecule has 2 aromatic rings. The number of nitrogens with one attached hydrogen (secondary N) is 1. The minimum Gasteiger partial charge on any atom is -0.373 e. The molecule has 0 amide bonds. The van der Waals surface area contributed by atoms with Crippen LogP contribution in [0.2, 0.25) is 0 Å². The van der Waals surface area contributed by atoms with Crippen molar-refractivity contribution in [2.75, 3.05) is 5.32 Å². The van der Waals surface area contributed by atoms with Crippen molar-refractivity contribution in [2.24, 2.45) is 0 Å². The average Bonchev–Trinajstić information content (AvgIpc) is 2.49. The molecule has 0 heterocycles. The maximum atomic E-state index is 11.1. The normalized spacial score (nSPS) is 12.0. The minimum atomic E-state index is -0.375. The predicted molar refractivity (Wildman–Crippen MR) is 88.7 cm³/mol. The molecule has 0 saturated heterocycles. The number of aryl methyl sites for hydroxylation is 1. The van der Waals surface area contributed by atoms with Crippen molar-refractivity contribution in [3.63, 3.8) is 0 Å². The Morgan fingerprint density at radius 3 is 2.48 bits per heavy atom. The highest BCUT2D eigenvalue weighted by Gasteiger charge is 2.16. The van der Waals surface area contributed by atoms with Crippen molar-refractivity contribution in [1.29, 1.82) is 0 Å². The van der Waals surface area contributed by atoms with Crippen LogP contribution in [-0.4, -0.2) is 4.92 Å². The summed E-state index contributed by atoms with van der Waals surface area (Å²) in [5, 5.41) is 14.3. The molecular formula is C16H17BrN2O2. The first-order valence-corrected chi connectivity index (χ1v) is 7.60. The molecule has 0 aromatic heterocycles. The Bertz CT molecular complexity index is 641. The second-order valence-electron chi connectivity index (χ2n) is 4.88. The smallest absolute Gasteiger partial charge is 0.293 e. The van der Waals surface area contributed by atoms with Crippen LogP contribution in [0.15, 0.2) is 46.9 Å². The van der Waals surface area contributed by atoms with Gasteiger partial charge in [0, 0.05) is 16.6 Å². The summed E-state index contributed by atoms with van der Waals surface area (Å²) >= 11 is 3.26. The van der Waals surface area contributed by atoms with Crippen LogP contribution in [0.1, 0.15) is 31.0 Å². The van der Waals surface area contributed by atoms with E-state index in [9.17, 15) is 10.1 Å². The van der Waals surface area contributed by atoms with Crippen LogP contribution >= 0.6 is 15.9 Å². The van der Waals surface area contributed by atoms with Crippen LogP contribution < -0.4 is 5.32 Å². The Balaban J connectivity index is 2.22. The molecule has 2 rings (SSSR count). The van der Waals surface area contributed by atoms with E-state index in [2.05, 4.69) is 52.4 Å². The Morgan fingerprint density at radius 1 is 1.24 bits per heavy atom. The van der Waals surface area contributed by atoms with Gasteiger partial charge in [0.1, 0.15) is 5.69 Å². The summed E-state index contributed by atoms with van der Waals surface area (Å²) in [6, 6.07) is 13.3. The van der Waals surface area contributed by atoms with E-state index in [0.717, 1.165) is 12.0 Å². The number of nitro groups is 1. The summed E-state index contributed by atoms with van der Waals surface area (Å²) in [6.07, 6.45) is 1.00. The van der Waals surface area contributed by atoms with Gasteiger partial charge in [-0.2, -0.15) is 0 Å². The summed E-state index contributed by atoms with van der Waals surface area (Å²) in [4.78, 5) is 10.7. The van der Waals surface area contributed by atoms with Gasteiger partial charge in [0.2, 0.25) is 0 Å². The molecule has 21 heavy (non-hydrogen) atoms. The summed E-state index contributed by atoms with van der Waals surface area (Å²) in [5.74, 6) is 0. The fourth-order valence-electron chi connectivity index (χ4n) is 2.14. The van der Waals surface area contributed by atoms with Gasteiger partial charge in [0.15, 0.2) is 0 Å². The molecular weight excluding hydrogens is 332 g/mol. The molecule has 5 heteroatoms. The van der Waals surface area contributed by atoms with Crippen LogP contribution in [-0.2, 0) is 6.42 Å². The molecule has 0 aliphatic heterocycles. The molecule has 0 bridgehead atoms. The average molecular weight is 349 g/mol. The molecule has 0 saturated carbocycles. The van der Waals surface area contributed by atoms with Crippen LogP contribution in [0.4, 0.5) is 11.4 Å². The molecule has 1 atom stereocenters. The van der Waals surface area contributed by atoms with E-state index >= 15 is 0 Å². The van der Waals surface area contributed by atoms with E-state index < -0.39 is 0 Å². The molecule has 1 unspecified atom stereocenters. The van der Waals surface area contributed by atoms with Gasteiger partial charge < -0.3 is 5.32 Å². The number of rotatable bonds is 5. The van der Waals surface area contributed by atoms with Crippen LogP contribution in [0.25, 0.3) is 0 Å². The predicted octanol–water partition coefficient (Wildman–Crippen LogP) is 5.09. The molecule has 0 spiro atoms. The molecule has 110 valence electrons. The van der Waals surface area contributed by atoms with Gasteiger partial charge >= 0.3 is 0 Å². The van der Waals surface area contributed by atoms with Gasteiger partial charge in [0.05, 0.1) is 4.92 Å². The first-order chi connectivity index (χ1) is 10.0. The van der Waals surface area contributed by atoms with Gasteiger partial charge in [-0.15, -0.1) is 0 Å². The third-order valence-electron chi connectivity index (χ3n) is 3.42. The number of halogens is 1. The largest absolute Gasteiger partial charge is 0.373 e. The molecule has 0 aliphatic carbocycles. The highest BCUT2D eigenvalue weighted by molar-refractivity contribution is 9.10. The van der Waals surface area contributed by atoms with E-state index in [0.29, 0.717) is 10.2 Å². The molecule has 0 aliphatic rings. The number of anilines is 1. The van der Waals surface area contributed by atoms with E-state index in [4.69, 9.17) is 0 Å². The Morgan fingerprint density at radius 2 is 1.90 bits per heavy atom. The highest BCUT2D eigenvalue weighted by atomic mass is 79.9. The van der Waals surface area contributed by atoms with Crippen LogP contribution in [0.5, 0.6) is 0 Å². The van der Waals surface area contributed by atoms with Crippen molar-refractivity contribution in [1.82, 2.24) is 0 Å². The number of nitrogens with zero attached hydrogens (tertiary/aromatic N) is 1. The lowest BCUT2D eigenvalue weighted by molar-refractivity contribution is -0.384. The van der Waals surface area contributed by atoms with Crippen molar-refractivity contribution >= 4 is 27.3 Å².